The van der Waals surface area contributed by atoms with E-state index in [-0.39, 0.29) is 18.4 Å². The summed E-state index contributed by atoms with van der Waals surface area (Å²) in [4.78, 5) is 31.2. The molecule has 2 aromatic heterocycles. The average Bonchev–Trinajstić information content (AvgIpc) is 3.01. The van der Waals surface area contributed by atoms with Crippen molar-refractivity contribution >= 4 is 52.6 Å². The van der Waals surface area contributed by atoms with E-state index in [9.17, 15) is 9.59 Å². The van der Waals surface area contributed by atoms with Crippen LogP contribution in [0.15, 0.2) is 59.6 Å². The predicted octanol–water partition coefficient (Wildman–Crippen LogP) is 3.82. The van der Waals surface area contributed by atoms with Crippen LogP contribution in [0.4, 0.5) is 5.69 Å². The van der Waals surface area contributed by atoms with Crippen molar-refractivity contribution in [3.05, 3.63) is 65.6 Å². The summed E-state index contributed by atoms with van der Waals surface area (Å²) in [6.07, 6.45) is 6.74. The second-order valence-corrected chi connectivity index (χ2v) is 7.20. The van der Waals surface area contributed by atoms with Crippen molar-refractivity contribution < 1.29 is 9.59 Å². The minimum atomic E-state index is -0.310. The second-order valence-electron chi connectivity index (χ2n) is 5.99. The summed E-state index contributed by atoms with van der Waals surface area (Å²) in [5, 5.41) is 3.15. The third-order valence-electron chi connectivity index (χ3n) is 4.04. The largest absolute Gasteiger partial charge is 0.333 e. The van der Waals surface area contributed by atoms with Crippen LogP contribution in [0.5, 0.6) is 0 Å². The monoisotopic (exact) mass is 414 g/mol. The van der Waals surface area contributed by atoms with E-state index < -0.39 is 0 Å². The van der Waals surface area contributed by atoms with Gasteiger partial charge in [-0.2, -0.15) is 0 Å². The van der Waals surface area contributed by atoms with Crippen LogP contribution in [-0.2, 0) is 9.59 Å². The number of likely N-dealkylation sites (N-methyl/N-ethyl adjacent to an activating group) is 1. The van der Waals surface area contributed by atoms with Gasteiger partial charge in [-0.25, -0.2) is 4.98 Å². The number of pyridine rings is 1. The molecule has 0 spiro atoms. The Hall–Kier alpha value is -2.77. The molecule has 0 unspecified atom stereocenters. The van der Waals surface area contributed by atoms with E-state index >= 15 is 0 Å². The Morgan fingerprint density at radius 3 is 2.79 bits per heavy atom. The number of para-hydroxylation sites is 1. The molecule has 0 aliphatic heterocycles. The molecule has 3 rings (SSSR count). The molecule has 0 atom stereocenters. The van der Waals surface area contributed by atoms with Gasteiger partial charge in [0.1, 0.15) is 5.65 Å². The summed E-state index contributed by atoms with van der Waals surface area (Å²) in [6.45, 7) is -0.0627. The van der Waals surface area contributed by atoms with Crippen molar-refractivity contribution in [2.45, 2.75) is 4.90 Å². The van der Waals surface area contributed by atoms with Crippen LogP contribution in [0.2, 0.25) is 5.15 Å². The van der Waals surface area contributed by atoms with Gasteiger partial charge in [-0.05, 0) is 36.6 Å². The average molecular weight is 415 g/mol. The summed E-state index contributed by atoms with van der Waals surface area (Å²) >= 11 is 7.70. The Labute approximate surface area is 172 Å². The highest BCUT2D eigenvalue weighted by Gasteiger charge is 2.13. The van der Waals surface area contributed by atoms with Gasteiger partial charge in [0.05, 0.1) is 17.9 Å². The van der Waals surface area contributed by atoms with Crippen molar-refractivity contribution in [1.82, 2.24) is 14.3 Å². The molecule has 0 aliphatic carbocycles. The van der Waals surface area contributed by atoms with Crippen molar-refractivity contribution in [2.24, 2.45) is 0 Å². The second kappa shape index (κ2) is 8.95. The fraction of sp³-hybridized carbons (Fsp3) is 0.150. The van der Waals surface area contributed by atoms with Crippen LogP contribution in [0.3, 0.4) is 0 Å². The number of benzene rings is 1. The molecule has 6 nitrogen and oxygen atoms in total. The number of amides is 2. The number of hydrogen-bond donors (Lipinski definition) is 1. The number of rotatable bonds is 6. The Balaban J connectivity index is 1.65. The van der Waals surface area contributed by atoms with Crippen LogP contribution >= 0.6 is 23.4 Å². The van der Waals surface area contributed by atoms with E-state index in [0.29, 0.717) is 16.5 Å². The molecule has 1 N–H and O–H groups in total. The molecule has 1 aromatic carbocycles. The highest BCUT2D eigenvalue weighted by molar-refractivity contribution is 7.98. The lowest BCUT2D eigenvalue weighted by Crippen LogP contribution is -2.33. The van der Waals surface area contributed by atoms with Crippen molar-refractivity contribution in [3.8, 4) is 0 Å². The highest BCUT2D eigenvalue weighted by Crippen LogP contribution is 2.24. The zero-order chi connectivity index (χ0) is 20.1. The first-order chi connectivity index (χ1) is 13.5. The number of imidazole rings is 1. The molecular formula is C20H19ClN4O2S. The number of carbonyl (C=O) groups is 2. The van der Waals surface area contributed by atoms with Crippen LogP contribution in [0.25, 0.3) is 11.7 Å². The zero-order valence-electron chi connectivity index (χ0n) is 15.4. The molecule has 0 bridgehead atoms. The van der Waals surface area contributed by atoms with Gasteiger partial charge >= 0.3 is 0 Å². The summed E-state index contributed by atoms with van der Waals surface area (Å²) in [5.41, 5.74) is 2.03. The quantitative estimate of drug-likeness (QED) is 0.492. The topological polar surface area (TPSA) is 66.7 Å². The Kier molecular flexibility index (Phi) is 6.38. The smallest absolute Gasteiger partial charge is 0.246 e. The van der Waals surface area contributed by atoms with Gasteiger partial charge in [0.15, 0.2) is 5.15 Å². The third kappa shape index (κ3) is 4.55. The minimum Gasteiger partial charge on any atom is -0.333 e. The van der Waals surface area contributed by atoms with E-state index in [1.807, 2.05) is 54.9 Å². The van der Waals surface area contributed by atoms with Crippen LogP contribution < -0.4 is 5.32 Å². The van der Waals surface area contributed by atoms with Crippen LogP contribution in [0.1, 0.15) is 5.69 Å². The lowest BCUT2D eigenvalue weighted by Gasteiger charge is -2.15. The molecule has 2 amide bonds. The molecule has 2 heterocycles. The minimum absolute atomic E-state index is 0.0627. The van der Waals surface area contributed by atoms with Crippen molar-refractivity contribution in [1.29, 1.82) is 0 Å². The molecule has 0 fully saturated rings. The number of thioether (sulfide) groups is 1. The molecule has 0 aliphatic rings. The first kappa shape index (κ1) is 20.0. The molecule has 8 heteroatoms. The van der Waals surface area contributed by atoms with E-state index in [1.165, 1.54) is 11.0 Å². The van der Waals surface area contributed by atoms with E-state index in [4.69, 9.17) is 11.6 Å². The van der Waals surface area contributed by atoms with Gasteiger partial charge in [-0.15, -0.1) is 11.8 Å². The van der Waals surface area contributed by atoms with E-state index in [1.54, 1.807) is 29.3 Å². The maximum Gasteiger partial charge on any atom is 0.246 e. The van der Waals surface area contributed by atoms with Gasteiger partial charge < -0.3 is 10.2 Å². The van der Waals surface area contributed by atoms with Crippen molar-refractivity contribution in [2.75, 3.05) is 25.2 Å². The molecule has 28 heavy (non-hydrogen) atoms. The number of anilines is 1. The van der Waals surface area contributed by atoms with Crippen molar-refractivity contribution in [3.63, 3.8) is 0 Å². The summed E-state index contributed by atoms with van der Waals surface area (Å²) in [6, 6.07) is 13.1. The number of fused-ring (bicyclic) bond motifs is 1. The fourth-order valence-electron chi connectivity index (χ4n) is 2.64. The lowest BCUT2D eigenvalue weighted by atomic mass is 10.3. The van der Waals surface area contributed by atoms with Gasteiger partial charge in [0, 0.05) is 24.2 Å². The lowest BCUT2D eigenvalue weighted by molar-refractivity contribution is -0.129. The molecule has 0 saturated carbocycles. The zero-order valence-corrected chi connectivity index (χ0v) is 17.0. The summed E-state index contributed by atoms with van der Waals surface area (Å²) in [5.74, 6) is -0.575. The van der Waals surface area contributed by atoms with E-state index in [2.05, 4.69) is 10.3 Å². The first-order valence-corrected chi connectivity index (χ1v) is 10.1. The number of nitrogens with zero attached hydrogens (tertiary/aromatic N) is 3. The summed E-state index contributed by atoms with van der Waals surface area (Å²) in [7, 11) is 1.57. The van der Waals surface area contributed by atoms with Gasteiger partial charge in [-0.1, -0.05) is 29.8 Å². The Morgan fingerprint density at radius 2 is 2.00 bits per heavy atom. The molecule has 144 valence electrons. The fourth-order valence-corrected chi connectivity index (χ4v) is 3.44. The number of halogens is 1. The SMILES string of the molecule is CSc1ccccc1NC(=O)CN(C)C(=O)/C=C/c1c(Cl)nc2ccccn12. The van der Waals surface area contributed by atoms with E-state index in [0.717, 1.165) is 10.6 Å². The number of nitrogens with one attached hydrogen (secondary N) is 1. The number of carbonyl (C=O) groups excluding carboxylic acids is 2. The standard InChI is InChI=1S/C20H19ClN4O2S/c1-24(13-18(26)22-14-7-3-4-8-16(14)28-2)19(27)11-10-15-20(21)23-17-9-5-6-12-25(15)17/h3-12H,13H2,1-2H3,(H,22,26)/b11-10+. The van der Waals surface area contributed by atoms with Gasteiger partial charge in [-0.3, -0.25) is 14.0 Å². The number of aromatic nitrogens is 2. The van der Waals surface area contributed by atoms with Gasteiger partial charge in [0.25, 0.3) is 0 Å². The Morgan fingerprint density at radius 1 is 1.25 bits per heavy atom. The number of hydrogen-bond acceptors (Lipinski definition) is 4. The van der Waals surface area contributed by atoms with Gasteiger partial charge in [0.2, 0.25) is 11.8 Å². The third-order valence-corrected chi connectivity index (χ3v) is 5.12. The Bertz CT molecular complexity index is 1050. The maximum atomic E-state index is 12.4. The predicted molar refractivity (Wildman–Crippen MR) is 114 cm³/mol. The van der Waals surface area contributed by atoms with Crippen LogP contribution in [0, 0.1) is 0 Å². The molecule has 0 radical (unpaired) electrons. The molecule has 0 saturated heterocycles. The molecule has 3 aromatic rings. The summed E-state index contributed by atoms with van der Waals surface area (Å²) < 4.78 is 1.79. The maximum absolute atomic E-state index is 12.4. The van der Waals surface area contributed by atoms with Crippen LogP contribution in [-0.4, -0.2) is 45.9 Å². The normalized spacial score (nSPS) is 11.1. The highest BCUT2D eigenvalue weighted by atomic mass is 35.5. The molecular weight excluding hydrogens is 396 g/mol. The first-order valence-electron chi connectivity index (χ1n) is 8.48.